The van der Waals surface area contributed by atoms with Gasteiger partial charge in [-0.2, -0.15) is 15.3 Å². The summed E-state index contributed by atoms with van der Waals surface area (Å²) in [5.74, 6) is 0. The molecule has 0 radical (unpaired) electrons. The Hall–Kier alpha value is -3.04. The molecule has 33 heavy (non-hydrogen) atoms. The van der Waals surface area contributed by atoms with Gasteiger partial charge < -0.3 is 4.74 Å². The van der Waals surface area contributed by atoms with Crippen LogP contribution in [0.5, 0.6) is 0 Å². The molecule has 1 saturated heterocycles. The molecule has 1 aliphatic heterocycles. The average molecular weight is 449 g/mol. The molecule has 0 amide bonds. The normalized spacial score (nSPS) is 17.0. The number of likely N-dealkylation sites (tertiary alicyclic amines) is 1. The molecule has 174 valence electrons. The van der Waals surface area contributed by atoms with Gasteiger partial charge in [-0.05, 0) is 25.3 Å². The van der Waals surface area contributed by atoms with Crippen LogP contribution in [0.25, 0.3) is 28.0 Å². The van der Waals surface area contributed by atoms with Crippen LogP contribution in [0, 0.1) is 0 Å². The summed E-state index contributed by atoms with van der Waals surface area (Å²) in [4.78, 5) is 7.45. The number of methoxy groups -OCH3 is 1. The summed E-state index contributed by atoms with van der Waals surface area (Å²) in [5.41, 5.74) is 4.69. The Kier molecular flexibility index (Phi) is 6.24. The molecule has 0 aliphatic carbocycles. The average Bonchev–Trinajstić information content (AvgIpc) is 3.64. The van der Waals surface area contributed by atoms with E-state index in [1.807, 2.05) is 40.1 Å². The predicted octanol–water partition coefficient (Wildman–Crippen LogP) is 3.54. The van der Waals surface area contributed by atoms with Crippen LogP contribution in [0.2, 0.25) is 0 Å². The van der Waals surface area contributed by atoms with E-state index < -0.39 is 0 Å². The quantitative estimate of drug-likeness (QED) is 0.390. The van der Waals surface area contributed by atoms with Gasteiger partial charge in [-0.15, -0.1) is 0 Å². The van der Waals surface area contributed by atoms with Gasteiger partial charge in [0.1, 0.15) is 0 Å². The van der Waals surface area contributed by atoms with Crippen molar-refractivity contribution in [3.8, 4) is 22.5 Å². The fourth-order valence-electron chi connectivity index (χ4n) is 4.66. The van der Waals surface area contributed by atoms with Crippen molar-refractivity contribution in [3.63, 3.8) is 0 Å². The van der Waals surface area contributed by atoms with E-state index in [-0.39, 0.29) is 0 Å². The SMILES string of the molecule is CCC(CC)n1cc(-c2nc(-c3cnn(CCN4CCC(OC)C4)c3)cn3nccc23)cn1. The van der Waals surface area contributed by atoms with Crippen molar-refractivity contribution in [2.24, 2.45) is 0 Å². The molecule has 5 rings (SSSR count). The van der Waals surface area contributed by atoms with Crippen LogP contribution in [0.1, 0.15) is 39.2 Å². The molecule has 1 atom stereocenters. The van der Waals surface area contributed by atoms with Crippen LogP contribution < -0.4 is 0 Å². The molecular weight excluding hydrogens is 416 g/mol. The van der Waals surface area contributed by atoms with Gasteiger partial charge in [-0.3, -0.25) is 14.3 Å². The fourth-order valence-corrected chi connectivity index (χ4v) is 4.66. The molecule has 0 spiro atoms. The van der Waals surface area contributed by atoms with Crippen molar-refractivity contribution < 1.29 is 4.74 Å². The number of hydrogen-bond acceptors (Lipinski definition) is 6. The molecule has 9 nitrogen and oxygen atoms in total. The standard InChI is InChI=1S/C24H32N8O/c1-4-20(5-2)31-15-19(13-27-31)24-23-6-8-25-32(23)17-22(28-24)18-12-26-30(14-18)11-10-29-9-7-21(16-29)33-3/h6,8,12-15,17,20-21H,4-5,7,9-11,16H2,1-3H3. The molecule has 0 saturated carbocycles. The van der Waals surface area contributed by atoms with Gasteiger partial charge in [0, 0.05) is 50.3 Å². The first-order chi connectivity index (χ1) is 16.2. The molecule has 1 unspecified atom stereocenters. The second-order valence-corrected chi connectivity index (χ2v) is 8.75. The monoisotopic (exact) mass is 448 g/mol. The van der Waals surface area contributed by atoms with Crippen LogP contribution in [0.15, 0.2) is 43.2 Å². The van der Waals surface area contributed by atoms with E-state index in [4.69, 9.17) is 9.72 Å². The number of nitrogens with zero attached hydrogens (tertiary/aromatic N) is 8. The summed E-state index contributed by atoms with van der Waals surface area (Å²) in [6.07, 6.45) is 15.3. The Balaban J connectivity index is 1.39. The third kappa shape index (κ3) is 4.43. The highest BCUT2D eigenvalue weighted by Crippen LogP contribution is 2.28. The minimum absolute atomic E-state index is 0.357. The van der Waals surface area contributed by atoms with E-state index in [0.29, 0.717) is 12.1 Å². The van der Waals surface area contributed by atoms with Crippen LogP contribution in [0.4, 0.5) is 0 Å². The summed E-state index contributed by atoms with van der Waals surface area (Å²) in [6, 6.07) is 2.39. The summed E-state index contributed by atoms with van der Waals surface area (Å²) in [6.45, 7) is 8.28. The maximum atomic E-state index is 5.47. The lowest BCUT2D eigenvalue weighted by Gasteiger charge is -2.15. The third-order valence-electron chi connectivity index (χ3n) is 6.72. The van der Waals surface area contributed by atoms with Gasteiger partial charge in [-0.1, -0.05) is 13.8 Å². The van der Waals surface area contributed by atoms with Crippen molar-refractivity contribution in [2.45, 2.75) is 51.8 Å². The second kappa shape index (κ2) is 9.44. The lowest BCUT2D eigenvalue weighted by Crippen LogP contribution is -2.26. The van der Waals surface area contributed by atoms with Crippen LogP contribution in [-0.4, -0.2) is 71.9 Å². The van der Waals surface area contributed by atoms with Crippen molar-refractivity contribution in [2.75, 3.05) is 26.7 Å². The number of aromatic nitrogens is 7. The Bertz CT molecular complexity index is 1200. The molecule has 5 heterocycles. The van der Waals surface area contributed by atoms with E-state index in [9.17, 15) is 0 Å². The van der Waals surface area contributed by atoms with Gasteiger partial charge in [0.05, 0.1) is 60.4 Å². The number of fused-ring (bicyclic) bond motifs is 1. The van der Waals surface area contributed by atoms with Gasteiger partial charge >= 0.3 is 0 Å². The third-order valence-corrected chi connectivity index (χ3v) is 6.72. The maximum Gasteiger partial charge on any atom is 0.0999 e. The zero-order chi connectivity index (χ0) is 22.8. The zero-order valence-electron chi connectivity index (χ0n) is 19.6. The van der Waals surface area contributed by atoms with Gasteiger partial charge in [0.2, 0.25) is 0 Å². The van der Waals surface area contributed by atoms with E-state index in [2.05, 4.69) is 51.1 Å². The van der Waals surface area contributed by atoms with Gasteiger partial charge in [-0.25, -0.2) is 9.50 Å². The molecule has 1 fully saturated rings. The smallest absolute Gasteiger partial charge is 0.0999 e. The zero-order valence-corrected chi connectivity index (χ0v) is 19.6. The summed E-state index contributed by atoms with van der Waals surface area (Å²) < 4.78 is 11.4. The van der Waals surface area contributed by atoms with E-state index in [1.165, 1.54) is 0 Å². The Morgan fingerprint density at radius 2 is 1.88 bits per heavy atom. The number of rotatable bonds is 9. The molecule has 0 bridgehead atoms. The summed E-state index contributed by atoms with van der Waals surface area (Å²) in [5, 5.41) is 13.7. The molecule has 0 aromatic carbocycles. The molecule has 9 heteroatoms. The fraction of sp³-hybridized carbons (Fsp3) is 0.500. The van der Waals surface area contributed by atoms with Crippen molar-refractivity contribution >= 4 is 5.52 Å². The second-order valence-electron chi connectivity index (χ2n) is 8.75. The predicted molar refractivity (Wildman–Crippen MR) is 127 cm³/mol. The highest BCUT2D eigenvalue weighted by molar-refractivity contribution is 5.78. The topological polar surface area (TPSA) is 78.3 Å². The van der Waals surface area contributed by atoms with Gasteiger partial charge in [0.25, 0.3) is 0 Å². The van der Waals surface area contributed by atoms with Crippen LogP contribution in [-0.2, 0) is 11.3 Å². The largest absolute Gasteiger partial charge is 0.380 e. The minimum atomic E-state index is 0.357. The van der Waals surface area contributed by atoms with Crippen molar-refractivity contribution in [1.82, 2.24) is 39.1 Å². The molecule has 4 aromatic rings. The first kappa shape index (κ1) is 21.8. The Labute approximate surface area is 194 Å². The Morgan fingerprint density at radius 3 is 2.67 bits per heavy atom. The van der Waals surface area contributed by atoms with Crippen LogP contribution in [0.3, 0.4) is 0 Å². The number of ether oxygens (including phenoxy) is 1. The first-order valence-corrected chi connectivity index (χ1v) is 11.8. The molecule has 0 N–H and O–H groups in total. The van der Waals surface area contributed by atoms with Gasteiger partial charge in [0.15, 0.2) is 0 Å². The minimum Gasteiger partial charge on any atom is -0.380 e. The van der Waals surface area contributed by atoms with E-state index >= 15 is 0 Å². The van der Waals surface area contributed by atoms with Crippen LogP contribution >= 0.6 is 0 Å². The summed E-state index contributed by atoms with van der Waals surface area (Å²) in [7, 11) is 1.79. The summed E-state index contributed by atoms with van der Waals surface area (Å²) >= 11 is 0. The molecule has 1 aliphatic rings. The van der Waals surface area contributed by atoms with E-state index in [0.717, 1.165) is 73.5 Å². The highest BCUT2D eigenvalue weighted by Gasteiger charge is 2.21. The lowest BCUT2D eigenvalue weighted by molar-refractivity contribution is 0.107. The van der Waals surface area contributed by atoms with Crippen molar-refractivity contribution in [3.05, 3.63) is 43.2 Å². The maximum absolute atomic E-state index is 5.47. The lowest BCUT2D eigenvalue weighted by atomic mass is 10.1. The molecular formula is C24H32N8O. The highest BCUT2D eigenvalue weighted by atomic mass is 16.5. The van der Waals surface area contributed by atoms with E-state index in [1.54, 1.807) is 7.11 Å². The Morgan fingerprint density at radius 1 is 1.03 bits per heavy atom. The number of hydrogen-bond donors (Lipinski definition) is 0. The first-order valence-electron chi connectivity index (χ1n) is 11.8. The van der Waals surface area contributed by atoms with Crippen molar-refractivity contribution in [1.29, 1.82) is 0 Å². The molecule has 4 aromatic heterocycles.